The molecule has 0 aliphatic heterocycles. The third kappa shape index (κ3) is 3.23. The van der Waals surface area contributed by atoms with Gasteiger partial charge in [-0.2, -0.15) is 4.57 Å². The lowest BCUT2D eigenvalue weighted by atomic mass is 10.1. The van der Waals surface area contributed by atoms with E-state index in [4.69, 9.17) is 0 Å². The average molecular weight is 312 g/mol. The summed E-state index contributed by atoms with van der Waals surface area (Å²) in [5.74, 6) is 0.179. The highest BCUT2D eigenvalue weighted by atomic mass is 79.9. The molecule has 2 nitrogen and oxygen atoms in total. The van der Waals surface area contributed by atoms with Gasteiger partial charge in [-0.05, 0) is 0 Å². The third-order valence-electron chi connectivity index (χ3n) is 2.68. The van der Waals surface area contributed by atoms with E-state index in [2.05, 4.69) is 9.95 Å². The minimum absolute atomic E-state index is 0. The van der Waals surface area contributed by atoms with Gasteiger partial charge in [-0.25, -0.2) is 0 Å². The van der Waals surface area contributed by atoms with Gasteiger partial charge in [-0.1, -0.05) is 41.7 Å². The molecule has 0 aliphatic rings. The second-order valence-electron chi connectivity index (χ2n) is 3.80. The summed E-state index contributed by atoms with van der Waals surface area (Å²) in [7, 11) is 2.00. The van der Waals surface area contributed by atoms with Crippen LogP contribution in [0.2, 0.25) is 0 Å². The highest BCUT2D eigenvalue weighted by Crippen LogP contribution is 2.10. The maximum absolute atomic E-state index is 12.0. The van der Waals surface area contributed by atoms with Crippen LogP contribution >= 0.6 is 11.3 Å². The van der Waals surface area contributed by atoms with Crippen LogP contribution in [-0.2, 0) is 13.5 Å². The SMILES string of the molecule is Cc1csc(CC(=O)c2ccccc2)[n+]1C.[Br-]. The highest BCUT2D eigenvalue weighted by molar-refractivity contribution is 7.09. The normalized spacial score (nSPS) is 9.76. The van der Waals surface area contributed by atoms with Crippen LogP contribution in [0.3, 0.4) is 0 Å². The molecule has 0 atom stereocenters. The first-order valence-electron chi connectivity index (χ1n) is 5.19. The van der Waals surface area contributed by atoms with E-state index in [-0.39, 0.29) is 22.8 Å². The number of hydrogen-bond acceptors (Lipinski definition) is 2. The first-order valence-corrected chi connectivity index (χ1v) is 6.07. The van der Waals surface area contributed by atoms with Crippen LogP contribution in [0.25, 0.3) is 0 Å². The van der Waals surface area contributed by atoms with Gasteiger partial charge in [-0.3, -0.25) is 4.79 Å². The second-order valence-corrected chi connectivity index (χ2v) is 4.74. The van der Waals surface area contributed by atoms with Crippen molar-refractivity contribution in [2.45, 2.75) is 13.3 Å². The number of aromatic nitrogens is 1. The van der Waals surface area contributed by atoms with E-state index >= 15 is 0 Å². The van der Waals surface area contributed by atoms with E-state index in [1.165, 1.54) is 5.69 Å². The van der Waals surface area contributed by atoms with E-state index in [0.717, 1.165) is 10.6 Å². The summed E-state index contributed by atoms with van der Waals surface area (Å²) in [5.41, 5.74) is 1.98. The molecular weight excluding hydrogens is 298 g/mol. The predicted molar refractivity (Wildman–Crippen MR) is 64.7 cm³/mol. The summed E-state index contributed by atoms with van der Waals surface area (Å²) < 4.78 is 2.07. The Kier molecular flexibility index (Phi) is 5.02. The van der Waals surface area contributed by atoms with Gasteiger partial charge >= 0.3 is 0 Å². The molecule has 0 N–H and O–H groups in total. The molecule has 0 saturated carbocycles. The monoisotopic (exact) mass is 311 g/mol. The minimum atomic E-state index is 0. The zero-order valence-electron chi connectivity index (χ0n) is 9.81. The zero-order valence-corrected chi connectivity index (χ0v) is 12.2. The van der Waals surface area contributed by atoms with Crippen molar-refractivity contribution in [2.75, 3.05) is 0 Å². The van der Waals surface area contributed by atoms with Crippen LogP contribution in [0.1, 0.15) is 21.1 Å². The van der Waals surface area contributed by atoms with E-state index < -0.39 is 0 Å². The molecule has 2 rings (SSSR count). The first kappa shape index (κ1) is 14.1. The molecule has 0 radical (unpaired) electrons. The Hall–Kier alpha value is -1.000. The number of nitrogens with zero attached hydrogens (tertiary/aromatic N) is 1. The second kappa shape index (κ2) is 6.07. The fourth-order valence-electron chi connectivity index (χ4n) is 1.53. The summed E-state index contributed by atoms with van der Waals surface area (Å²) in [6.45, 7) is 2.05. The number of rotatable bonds is 3. The van der Waals surface area contributed by atoms with E-state index in [9.17, 15) is 4.79 Å². The number of thiazole rings is 1. The molecule has 0 saturated heterocycles. The summed E-state index contributed by atoms with van der Waals surface area (Å²) >= 11 is 1.64. The van der Waals surface area contributed by atoms with Gasteiger partial charge < -0.3 is 17.0 Å². The molecule has 1 aromatic carbocycles. The Bertz CT molecular complexity index is 507. The van der Waals surface area contributed by atoms with E-state index in [1.54, 1.807) is 11.3 Å². The predicted octanol–water partition coefficient (Wildman–Crippen LogP) is -0.690. The molecule has 4 heteroatoms. The lowest BCUT2D eigenvalue weighted by molar-refractivity contribution is -0.679. The number of carbonyl (C=O) groups is 1. The largest absolute Gasteiger partial charge is 1.00 e. The maximum atomic E-state index is 12.0. The van der Waals surface area contributed by atoms with Gasteiger partial charge in [0.15, 0.2) is 11.5 Å². The van der Waals surface area contributed by atoms with Crippen molar-refractivity contribution in [3.63, 3.8) is 0 Å². The molecule has 0 fully saturated rings. The van der Waals surface area contributed by atoms with Crippen LogP contribution in [0.5, 0.6) is 0 Å². The molecule has 0 spiro atoms. The molecule has 2 aromatic rings. The van der Waals surface area contributed by atoms with Gasteiger partial charge in [0.2, 0.25) is 5.01 Å². The molecule has 0 amide bonds. The number of halogens is 1. The summed E-state index contributed by atoms with van der Waals surface area (Å²) in [6, 6.07) is 9.44. The number of aryl methyl sites for hydroxylation is 1. The number of benzene rings is 1. The maximum Gasteiger partial charge on any atom is 0.245 e. The topological polar surface area (TPSA) is 20.9 Å². The molecule has 1 aromatic heterocycles. The fourth-order valence-corrected chi connectivity index (χ4v) is 2.51. The van der Waals surface area contributed by atoms with Crippen molar-refractivity contribution in [3.05, 3.63) is 52.0 Å². The lowest BCUT2D eigenvalue weighted by Gasteiger charge is -1.97. The van der Waals surface area contributed by atoms with Crippen LogP contribution < -0.4 is 21.5 Å². The molecule has 90 valence electrons. The van der Waals surface area contributed by atoms with Gasteiger partial charge in [0.1, 0.15) is 13.5 Å². The van der Waals surface area contributed by atoms with Crippen molar-refractivity contribution < 1.29 is 26.3 Å². The average Bonchev–Trinajstić information content (AvgIpc) is 2.62. The fraction of sp³-hybridized carbons (Fsp3) is 0.231. The molecular formula is C13H14BrNOS. The van der Waals surface area contributed by atoms with Crippen molar-refractivity contribution in [1.82, 2.24) is 0 Å². The number of hydrogen-bond donors (Lipinski definition) is 0. The first-order chi connectivity index (χ1) is 7.68. The van der Waals surface area contributed by atoms with Crippen molar-refractivity contribution in [2.24, 2.45) is 7.05 Å². The molecule has 0 bridgehead atoms. The minimum Gasteiger partial charge on any atom is -1.00 e. The highest BCUT2D eigenvalue weighted by Gasteiger charge is 2.17. The smallest absolute Gasteiger partial charge is 0.245 e. The van der Waals surface area contributed by atoms with Crippen LogP contribution in [-0.4, -0.2) is 5.78 Å². The Labute approximate surface area is 116 Å². The van der Waals surface area contributed by atoms with Gasteiger partial charge in [0.25, 0.3) is 0 Å². The van der Waals surface area contributed by atoms with E-state index in [0.29, 0.717) is 6.42 Å². The van der Waals surface area contributed by atoms with Crippen LogP contribution in [0, 0.1) is 6.92 Å². The standard InChI is InChI=1S/C13H14NOS.BrH/c1-10-9-16-13(14(10)2)8-12(15)11-6-4-3-5-7-11;/h3-7,9H,8H2,1-2H3;1H/q+1;/p-1. The van der Waals surface area contributed by atoms with Gasteiger partial charge in [-0.15, -0.1) is 0 Å². The van der Waals surface area contributed by atoms with Crippen LogP contribution in [0.15, 0.2) is 35.7 Å². The van der Waals surface area contributed by atoms with Crippen molar-refractivity contribution in [3.8, 4) is 0 Å². The Morgan fingerprint density at radius 3 is 2.47 bits per heavy atom. The zero-order chi connectivity index (χ0) is 11.5. The number of ketones is 1. The summed E-state index contributed by atoms with van der Waals surface area (Å²) in [4.78, 5) is 12.0. The van der Waals surface area contributed by atoms with Crippen molar-refractivity contribution >= 4 is 17.1 Å². The number of Topliss-reactive ketones (excluding diaryl/α,β-unsaturated/α-hetero) is 1. The summed E-state index contributed by atoms with van der Waals surface area (Å²) in [5, 5.41) is 3.18. The molecule has 0 aliphatic carbocycles. The van der Waals surface area contributed by atoms with Crippen LogP contribution in [0.4, 0.5) is 0 Å². The molecule has 17 heavy (non-hydrogen) atoms. The molecule has 0 unspecified atom stereocenters. The summed E-state index contributed by atoms with van der Waals surface area (Å²) in [6.07, 6.45) is 0.485. The van der Waals surface area contributed by atoms with Gasteiger partial charge in [0.05, 0.1) is 5.38 Å². The van der Waals surface area contributed by atoms with E-state index in [1.807, 2.05) is 44.3 Å². The quantitative estimate of drug-likeness (QED) is 0.543. The Balaban J connectivity index is 0.00000144. The third-order valence-corrected chi connectivity index (χ3v) is 3.83. The van der Waals surface area contributed by atoms with Gasteiger partial charge in [0, 0.05) is 12.5 Å². The Morgan fingerprint density at radius 2 is 1.94 bits per heavy atom. The number of carbonyl (C=O) groups excluding carboxylic acids is 1. The molecule has 1 heterocycles. The Morgan fingerprint density at radius 1 is 1.29 bits per heavy atom. The van der Waals surface area contributed by atoms with Crippen molar-refractivity contribution in [1.29, 1.82) is 0 Å². The lowest BCUT2D eigenvalue weighted by Crippen LogP contribution is -3.00.